The minimum absolute atomic E-state index is 0.343. The van der Waals surface area contributed by atoms with Crippen molar-refractivity contribution in [1.29, 1.82) is 0 Å². The van der Waals surface area contributed by atoms with Gasteiger partial charge in [0.15, 0.2) is 11.5 Å². The molecule has 0 bridgehead atoms. The summed E-state index contributed by atoms with van der Waals surface area (Å²) in [5, 5.41) is 8.68. The first-order valence-electron chi connectivity index (χ1n) is 8.66. The minimum Gasteiger partial charge on any atom is -0.493 e. The van der Waals surface area contributed by atoms with Gasteiger partial charge in [-0.05, 0) is 24.3 Å². The van der Waals surface area contributed by atoms with Crippen LogP contribution >= 0.6 is 0 Å². The number of aromatic nitrogens is 3. The number of para-hydroxylation sites is 1. The summed E-state index contributed by atoms with van der Waals surface area (Å²) in [6.07, 6.45) is 5.31. The number of nitrogens with one attached hydrogen (secondary N) is 3. The van der Waals surface area contributed by atoms with Crippen molar-refractivity contribution in [3.63, 3.8) is 0 Å². The second-order valence-electron chi connectivity index (χ2n) is 5.70. The fourth-order valence-electron chi connectivity index (χ4n) is 2.59. The molecule has 0 aliphatic heterocycles. The van der Waals surface area contributed by atoms with Gasteiger partial charge in [-0.2, -0.15) is 0 Å². The van der Waals surface area contributed by atoms with Crippen LogP contribution < -0.4 is 25.4 Å². The molecule has 0 saturated carbocycles. The normalized spacial score (nSPS) is 10.2. The van der Waals surface area contributed by atoms with Gasteiger partial charge in [0, 0.05) is 31.5 Å². The number of rotatable bonds is 8. The molecule has 1 aromatic carbocycles. The van der Waals surface area contributed by atoms with Gasteiger partial charge in [-0.3, -0.25) is 0 Å². The first kappa shape index (κ1) is 19.0. The number of carbonyl (C=O) groups excluding carboxylic acids is 1. The van der Waals surface area contributed by atoms with E-state index in [0.717, 1.165) is 5.82 Å². The van der Waals surface area contributed by atoms with E-state index in [1.165, 1.54) is 13.4 Å². The molecule has 3 aromatic rings. The number of carbonyl (C=O) groups is 1. The van der Waals surface area contributed by atoms with Crippen molar-refractivity contribution < 1.29 is 14.3 Å². The van der Waals surface area contributed by atoms with E-state index in [9.17, 15) is 4.79 Å². The largest absolute Gasteiger partial charge is 0.493 e. The predicted molar refractivity (Wildman–Crippen MR) is 106 cm³/mol. The second kappa shape index (κ2) is 9.26. The zero-order valence-electron chi connectivity index (χ0n) is 15.7. The van der Waals surface area contributed by atoms with E-state index in [0.29, 0.717) is 36.1 Å². The summed E-state index contributed by atoms with van der Waals surface area (Å²) in [6.45, 7) is 0.909. The summed E-state index contributed by atoms with van der Waals surface area (Å²) in [6, 6.07) is 10.6. The van der Waals surface area contributed by atoms with Crippen molar-refractivity contribution in [2.24, 2.45) is 0 Å². The molecule has 9 heteroatoms. The van der Waals surface area contributed by atoms with Gasteiger partial charge >= 0.3 is 6.03 Å². The first-order valence-corrected chi connectivity index (χ1v) is 8.66. The zero-order chi connectivity index (χ0) is 19.8. The Morgan fingerprint density at radius 1 is 1.07 bits per heavy atom. The summed E-state index contributed by atoms with van der Waals surface area (Å²) >= 11 is 0. The molecule has 0 radical (unpaired) electrons. The Kier molecular flexibility index (Phi) is 6.29. The molecule has 3 N–H and O–H groups in total. The van der Waals surface area contributed by atoms with Crippen LogP contribution in [0.4, 0.5) is 16.3 Å². The molecule has 2 amide bonds. The molecule has 9 nitrogen and oxygen atoms in total. The number of urea groups is 1. The number of hydrogen-bond acceptors (Lipinski definition) is 6. The summed E-state index contributed by atoms with van der Waals surface area (Å²) in [5.41, 5.74) is 0.527. The molecule has 0 saturated heterocycles. The highest BCUT2D eigenvalue weighted by Crippen LogP contribution is 2.34. The van der Waals surface area contributed by atoms with Crippen molar-refractivity contribution in [2.75, 3.05) is 37.9 Å². The number of amides is 2. The number of anilines is 2. The average molecular weight is 382 g/mol. The predicted octanol–water partition coefficient (Wildman–Crippen LogP) is 2.52. The average Bonchev–Trinajstić information content (AvgIpc) is 3.26. The number of nitrogens with zero attached hydrogens (tertiary/aromatic N) is 3. The van der Waals surface area contributed by atoms with Crippen LogP contribution in [0.5, 0.6) is 11.5 Å². The van der Waals surface area contributed by atoms with Crippen LogP contribution in [0.2, 0.25) is 0 Å². The van der Waals surface area contributed by atoms with Crippen LogP contribution in [-0.2, 0) is 0 Å². The Hall–Kier alpha value is -3.75. The lowest BCUT2D eigenvalue weighted by atomic mass is 10.2. The van der Waals surface area contributed by atoms with Gasteiger partial charge in [0.2, 0.25) is 0 Å². The number of ether oxygens (including phenoxy) is 2. The van der Waals surface area contributed by atoms with Gasteiger partial charge in [-0.25, -0.2) is 14.8 Å². The standard InChI is InChI=1S/C19H22N6O3/c1-27-15-7-5-6-14(18(15)28-2)24-19(26)21-9-8-20-16-12-17(23-13-22-16)25-10-3-4-11-25/h3-7,10-13H,8-9H2,1-2H3,(H,20,22,23)(H2,21,24,26). The molecule has 2 aromatic heterocycles. The SMILES string of the molecule is COc1cccc(NC(=O)NCCNc2cc(-n3cccc3)ncn2)c1OC. The van der Waals surface area contributed by atoms with E-state index in [4.69, 9.17) is 9.47 Å². The van der Waals surface area contributed by atoms with Crippen LogP contribution in [0.1, 0.15) is 0 Å². The highest BCUT2D eigenvalue weighted by Gasteiger charge is 2.11. The topological polar surface area (TPSA) is 102 Å². The van der Waals surface area contributed by atoms with Gasteiger partial charge < -0.3 is 30.0 Å². The highest BCUT2D eigenvalue weighted by atomic mass is 16.5. The van der Waals surface area contributed by atoms with E-state index in [1.807, 2.05) is 35.2 Å². The third-order valence-electron chi connectivity index (χ3n) is 3.89. The summed E-state index contributed by atoms with van der Waals surface area (Å²) in [4.78, 5) is 20.5. The van der Waals surface area contributed by atoms with Crippen LogP contribution in [0.15, 0.2) is 55.1 Å². The van der Waals surface area contributed by atoms with E-state index < -0.39 is 0 Å². The first-order chi connectivity index (χ1) is 13.7. The fourth-order valence-corrected chi connectivity index (χ4v) is 2.59. The molecule has 0 spiro atoms. The molecule has 0 unspecified atom stereocenters. The van der Waals surface area contributed by atoms with Crippen molar-refractivity contribution in [3.05, 3.63) is 55.1 Å². The zero-order valence-corrected chi connectivity index (χ0v) is 15.7. The van der Waals surface area contributed by atoms with Gasteiger partial charge in [0.25, 0.3) is 0 Å². The van der Waals surface area contributed by atoms with E-state index in [1.54, 1.807) is 25.3 Å². The fraction of sp³-hybridized carbons (Fsp3) is 0.211. The van der Waals surface area contributed by atoms with Gasteiger partial charge in [-0.1, -0.05) is 6.07 Å². The maximum absolute atomic E-state index is 12.1. The van der Waals surface area contributed by atoms with Gasteiger partial charge in [0.05, 0.1) is 19.9 Å². The number of hydrogen-bond donors (Lipinski definition) is 3. The molecule has 2 heterocycles. The Bertz CT molecular complexity index is 914. The van der Waals surface area contributed by atoms with E-state index in [-0.39, 0.29) is 6.03 Å². The molecule has 0 atom stereocenters. The second-order valence-corrected chi connectivity index (χ2v) is 5.70. The molecule has 146 valence electrons. The van der Waals surface area contributed by atoms with Crippen molar-refractivity contribution >= 4 is 17.5 Å². The molecule has 0 fully saturated rings. The summed E-state index contributed by atoms with van der Waals surface area (Å²) in [7, 11) is 3.07. The summed E-state index contributed by atoms with van der Waals surface area (Å²) in [5.74, 6) is 2.45. The Labute approximate surface area is 162 Å². The van der Waals surface area contributed by atoms with Gasteiger partial charge in [-0.15, -0.1) is 0 Å². The monoisotopic (exact) mass is 382 g/mol. The smallest absolute Gasteiger partial charge is 0.319 e. The Morgan fingerprint density at radius 3 is 2.64 bits per heavy atom. The third-order valence-corrected chi connectivity index (χ3v) is 3.89. The molecule has 3 rings (SSSR count). The molecular formula is C19H22N6O3. The van der Waals surface area contributed by atoms with Crippen LogP contribution in [0, 0.1) is 0 Å². The quantitative estimate of drug-likeness (QED) is 0.518. The number of benzene rings is 1. The van der Waals surface area contributed by atoms with Crippen LogP contribution in [-0.4, -0.2) is 47.9 Å². The van der Waals surface area contributed by atoms with E-state index in [2.05, 4.69) is 25.9 Å². The minimum atomic E-state index is -0.343. The molecule has 0 aliphatic rings. The summed E-state index contributed by atoms with van der Waals surface area (Å²) < 4.78 is 12.4. The maximum atomic E-state index is 12.1. The van der Waals surface area contributed by atoms with Crippen molar-refractivity contribution in [3.8, 4) is 17.3 Å². The molecular weight excluding hydrogens is 360 g/mol. The molecule has 0 aliphatic carbocycles. The Balaban J connectivity index is 1.48. The maximum Gasteiger partial charge on any atom is 0.319 e. The highest BCUT2D eigenvalue weighted by molar-refractivity contribution is 5.91. The lowest BCUT2D eigenvalue weighted by Gasteiger charge is -2.14. The lowest BCUT2D eigenvalue weighted by molar-refractivity contribution is 0.252. The van der Waals surface area contributed by atoms with Crippen molar-refractivity contribution in [2.45, 2.75) is 0 Å². The van der Waals surface area contributed by atoms with Crippen LogP contribution in [0.25, 0.3) is 5.82 Å². The molecule has 28 heavy (non-hydrogen) atoms. The van der Waals surface area contributed by atoms with Crippen LogP contribution in [0.3, 0.4) is 0 Å². The number of methoxy groups -OCH3 is 2. The lowest BCUT2D eigenvalue weighted by Crippen LogP contribution is -2.32. The van der Waals surface area contributed by atoms with E-state index >= 15 is 0 Å². The van der Waals surface area contributed by atoms with Gasteiger partial charge in [0.1, 0.15) is 18.0 Å². The van der Waals surface area contributed by atoms with Crippen molar-refractivity contribution in [1.82, 2.24) is 19.9 Å². The Morgan fingerprint density at radius 2 is 1.89 bits per heavy atom. The third kappa shape index (κ3) is 4.70.